The minimum atomic E-state index is -0.598. The highest BCUT2D eigenvalue weighted by Crippen LogP contribution is 2.40. The van der Waals surface area contributed by atoms with Crippen molar-refractivity contribution in [3.8, 4) is 17.2 Å². The number of nitrogens with zero attached hydrogens (tertiary/aromatic N) is 3. The number of hydrogen-bond donors (Lipinski definition) is 2. The van der Waals surface area contributed by atoms with Crippen molar-refractivity contribution in [1.29, 1.82) is 0 Å². The first-order valence-electron chi connectivity index (χ1n) is 12.5. The summed E-state index contributed by atoms with van der Waals surface area (Å²) in [5, 5.41) is 11.6. The van der Waals surface area contributed by atoms with Crippen LogP contribution in [0, 0.1) is 0 Å². The van der Waals surface area contributed by atoms with Crippen molar-refractivity contribution in [2.75, 3.05) is 24.4 Å². The molecule has 2 N–H and O–H groups in total. The molecular weight excluding hydrogens is 553 g/mol. The smallest absolute Gasteiger partial charge is 0.255 e. The normalized spacial score (nSPS) is 14.3. The number of benzene rings is 3. The first-order valence-corrected chi connectivity index (χ1v) is 13.3. The standard InChI is InChI=1S/C29H27Cl2N5O4/c1-4-39-23-11-6-5-10-22(23)35-28(37)26-17(2)34-29-32-16-33-36(29)27(26)18-12-13-24(25(14-18)38-3)40-15-19-20(30)8-7-9-21(19)31/h5-14,16,27H,4,15H2,1-3H3,(H,35,37)(H,32,33,34). The lowest BCUT2D eigenvalue weighted by atomic mass is 9.94. The van der Waals surface area contributed by atoms with Gasteiger partial charge in [-0.25, -0.2) is 4.68 Å². The van der Waals surface area contributed by atoms with Crippen LogP contribution in [0.2, 0.25) is 10.0 Å². The van der Waals surface area contributed by atoms with Gasteiger partial charge in [0, 0.05) is 21.3 Å². The molecule has 40 heavy (non-hydrogen) atoms. The van der Waals surface area contributed by atoms with Gasteiger partial charge in [-0.05, 0) is 55.8 Å². The SMILES string of the molecule is CCOc1ccccc1NC(=O)C1=C(C)Nc2ncnn2C1c1ccc(OCc2c(Cl)cccc2Cl)c(OC)c1. The van der Waals surface area contributed by atoms with Crippen molar-refractivity contribution in [2.24, 2.45) is 0 Å². The zero-order valence-corrected chi connectivity index (χ0v) is 23.6. The van der Waals surface area contributed by atoms with Crippen LogP contribution in [0.4, 0.5) is 11.6 Å². The van der Waals surface area contributed by atoms with Crippen LogP contribution >= 0.6 is 23.2 Å². The summed E-state index contributed by atoms with van der Waals surface area (Å²) in [6.45, 7) is 4.34. The highest BCUT2D eigenvalue weighted by molar-refractivity contribution is 6.35. The summed E-state index contributed by atoms with van der Waals surface area (Å²) < 4.78 is 19.1. The van der Waals surface area contributed by atoms with Gasteiger partial charge in [-0.15, -0.1) is 0 Å². The largest absolute Gasteiger partial charge is 0.493 e. The molecule has 11 heteroatoms. The number of anilines is 2. The van der Waals surface area contributed by atoms with E-state index in [4.69, 9.17) is 37.4 Å². The van der Waals surface area contributed by atoms with E-state index in [1.807, 2.05) is 44.2 Å². The van der Waals surface area contributed by atoms with Crippen molar-refractivity contribution >= 4 is 40.7 Å². The third-order valence-electron chi connectivity index (χ3n) is 6.41. The second kappa shape index (κ2) is 11.9. The summed E-state index contributed by atoms with van der Waals surface area (Å²) in [6, 6.07) is 17.5. The Bertz CT molecular complexity index is 1570. The fourth-order valence-electron chi connectivity index (χ4n) is 4.53. The Kier molecular flexibility index (Phi) is 8.14. The van der Waals surface area contributed by atoms with E-state index in [-0.39, 0.29) is 12.5 Å². The van der Waals surface area contributed by atoms with Crippen LogP contribution in [0.25, 0.3) is 0 Å². The maximum absolute atomic E-state index is 13.8. The number of halogens is 2. The number of ether oxygens (including phenoxy) is 3. The van der Waals surface area contributed by atoms with Crippen LogP contribution in [0.5, 0.6) is 17.2 Å². The Hall–Kier alpha value is -4.21. The van der Waals surface area contributed by atoms with Crippen molar-refractivity contribution in [3.05, 3.63) is 99.4 Å². The molecule has 0 bridgehead atoms. The van der Waals surface area contributed by atoms with E-state index in [0.29, 0.717) is 62.4 Å². The minimum absolute atomic E-state index is 0.153. The molecule has 1 atom stereocenters. The second-order valence-electron chi connectivity index (χ2n) is 8.88. The Morgan fingerprint density at radius 2 is 1.80 bits per heavy atom. The van der Waals surface area contributed by atoms with Gasteiger partial charge in [0.25, 0.3) is 5.91 Å². The average molecular weight is 580 g/mol. The fourth-order valence-corrected chi connectivity index (χ4v) is 5.03. The molecule has 206 valence electrons. The van der Waals surface area contributed by atoms with Gasteiger partial charge >= 0.3 is 0 Å². The molecule has 0 aliphatic carbocycles. The summed E-state index contributed by atoms with van der Waals surface area (Å²) in [7, 11) is 1.55. The molecule has 0 spiro atoms. The fraction of sp³-hybridized carbons (Fsp3) is 0.207. The van der Waals surface area contributed by atoms with Crippen molar-refractivity contribution in [1.82, 2.24) is 14.8 Å². The van der Waals surface area contributed by atoms with Crippen LogP contribution in [0.1, 0.15) is 31.0 Å². The number of aromatic nitrogens is 3. The molecule has 0 saturated carbocycles. The molecule has 0 radical (unpaired) electrons. The third kappa shape index (κ3) is 5.43. The third-order valence-corrected chi connectivity index (χ3v) is 7.12. The van der Waals surface area contributed by atoms with Crippen LogP contribution in [0.15, 0.2) is 78.3 Å². The first-order chi connectivity index (χ1) is 19.4. The lowest BCUT2D eigenvalue weighted by Gasteiger charge is -2.29. The molecule has 5 rings (SSSR count). The Balaban J connectivity index is 1.48. The summed E-state index contributed by atoms with van der Waals surface area (Å²) >= 11 is 12.6. The van der Waals surface area contributed by atoms with E-state index >= 15 is 0 Å². The van der Waals surface area contributed by atoms with Crippen LogP contribution in [-0.2, 0) is 11.4 Å². The van der Waals surface area contributed by atoms with Gasteiger partial charge in [0.15, 0.2) is 11.5 Å². The Labute approximate surface area is 241 Å². The topological polar surface area (TPSA) is 99.5 Å². The number of fused-ring (bicyclic) bond motifs is 1. The monoisotopic (exact) mass is 579 g/mol. The Morgan fingerprint density at radius 3 is 2.55 bits per heavy atom. The molecule has 1 aromatic heterocycles. The van der Waals surface area contributed by atoms with E-state index in [9.17, 15) is 4.79 Å². The van der Waals surface area contributed by atoms with Crippen molar-refractivity contribution in [2.45, 2.75) is 26.5 Å². The zero-order valence-electron chi connectivity index (χ0n) is 22.1. The highest BCUT2D eigenvalue weighted by Gasteiger charge is 2.34. The summed E-state index contributed by atoms with van der Waals surface area (Å²) in [6.07, 6.45) is 1.44. The predicted octanol–water partition coefficient (Wildman–Crippen LogP) is 6.50. The first kappa shape index (κ1) is 27.4. The maximum atomic E-state index is 13.8. The summed E-state index contributed by atoms with van der Waals surface area (Å²) in [5.41, 5.74) is 3.09. The molecule has 4 aromatic rings. The Morgan fingerprint density at radius 1 is 1.02 bits per heavy atom. The number of nitrogens with one attached hydrogen (secondary N) is 2. The second-order valence-corrected chi connectivity index (χ2v) is 9.69. The number of para-hydroxylation sites is 2. The van der Waals surface area contributed by atoms with Crippen molar-refractivity contribution in [3.63, 3.8) is 0 Å². The molecule has 9 nitrogen and oxygen atoms in total. The molecule has 3 aromatic carbocycles. The van der Waals surface area contributed by atoms with E-state index < -0.39 is 6.04 Å². The van der Waals surface area contributed by atoms with Gasteiger partial charge in [0.1, 0.15) is 24.7 Å². The van der Waals surface area contributed by atoms with Gasteiger partial charge in [-0.3, -0.25) is 4.79 Å². The average Bonchev–Trinajstić information content (AvgIpc) is 3.41. The van der Waals surface area contributed by atoms with Gasteiger partial charge in [-0.2, -0.15) is 10.1 Å². The predicted molar refractivity (Wildman–Crippen MR) is 155 cm³/mol. The highest BCUT2D eigenvalue weighted by atomic mass is 35.5. The number of amides is 1. The van der Waals surface area contributed by atoms with Gasteiger partial charge in [-0.1, -0.05) is 47.5 Å². The van der Waals surface area contributed by atoms with Gasteiger partial charge < -0.3 is 24.8 Å². The molecular formula is C29H27Cl2N5O4. The molecule has 1 unspecified atom stereocenters. The van der Waals surface area contributed by atoms with E-state index in [1.54, 1.807) is 42.1 Å². The lowest BCUT2D eigenvalue weighted by Crippen LogP contribution is -2.31. The number of rotatable bonds is 9. The molecule has 1 aliphatic heterocycles. The summed E-state index contributed by atoms with van der Waals surface area (Å²) in [4.78, 5) is 18.1. The van der Waals surface area contributed by atoms with E-state index in [2.05, 4.69) is 20.7 Å². The zero-order chi connectivity index (χ0) is 28.2. The van der Waals surface area contributed by atoms with Crippen LogP contribution in [-0.4, -0.2) is 34.4 Å². The van der Waals surface area contributed by atoms with E-state index in [1.165, 1.54) is 6.33 Å². The van der Waals surface area contributed by atoms with Gasteiger partial charge in [0.2, 0.25) is 5.95 Å². The molecule has 0 fully saturated rings. The minimum Gasteiger partial charge on any atom is -0.493 e. The number of carbonyl (C=O) groups is 1. The number of methoxy groups -OCH3 is 1. The van der Waals surface area contributed by atoms with Crippen LogP contribution < -0.4 is 24.8 Å². The van der Waals surface area contributed by atoms with Crippen molar-refractivity contribution < 1.29 is 19.0 Å². The number of carbonyl (C=O) groups excluding carboxylic acids is 1. The van der Waals surface area contributed by atoms with E-state index in [0.717, 1.165) is 5.56 Å². The lowest BCUT2D eigenvalue weighted by molar-refractivity contribution is -0.113. The quantitative estimate of drug-likeness (QED) is 0.233. The number of hydrogen-bond acceptors (Lipinski definition) is 7. The molecule has 2 heterocycles. The summed E-state index contributed by atoms with van der Waals surface area (Å²) in [5.74, 6) is 1.75. The maximum Gasteiger partial charge on any atom is 0.255 e. The molecule has 1 aliphatic rings. The molecule has 1 amide bonds. The molecule has 0 saturated heterocycles. The van der Waals surface area contributed by atoms with Gasteiger partial charge in [0.05, 0.1) is 25.0 Å². The number of allylic oxidation sites excluding steroid dienone is 1. The van der Waals surface area contributed by atoms with Crippen LogP contribution in [0.3, 0.4) is 0 Å².